The van der Waals surface area contributed by atoms with Gasteiger partial charge in [0.25, 0.3) is 0 Å². The van der Waals surface area contributed by atoms with Crippen LogP contribution in [0.3, 0.4) is 0 Å². The number of rotatable bonds is 8. The van der Waals surface area contributed by atoms with Crippen LogP contribution in [0.15, 0.2) is 45.4 Å². The normalized spacial score (nSPS) is 10.8. The second-order valence-electron chi connectivity index (χ2n) is 4.95. The van der Waals surface area contributed by atoms with Gasteiger partial charge in [0.05, 0.1) is 5.69 Å². The van der Waals surface area contributed by atoms with Gasteiger partial charge in [-0.25, -0.2) is 4.98 Å². The molecule has 1 N–H and O–H groups in total. The van der Waals surface area contributed by atoms with Gasteiger partial charge in [0.15, 0.2) is 4.34 Å². The van der Waals surface area contributed by atoms with Crippen LogP contribution in [-0.4, -0.2) is 21.7 Å². The van der Waals surface area contributed by atoms with Gasteiger partial charge in [0.2, 0.25) is 11.0 Å². The number of hydrogen-bond donors (Lipinski definition) is 1. The van der Waals surface area contributed by atoms with Crippen LogP contribution < -0.4 is 5.32 Å². The second-order valence-corrected chi connectivity index (χ2v) is 7.15. The Morgan fingerprint density at radius 1 is 1.22 bits per heavy atom. The third-order valence-electron chi connectivity index (χ3n) is 3.13. The molecule has 120 valence electrons. The number of aromatic nitrogens is 3. The first-order valence-corrected chi connectivity index (χ1v) is 9.35. The van der Waals surface area contributed by atoms with Gasteiger partial charge in [0.1, 0.15) is 6.26 Å². The van der Waals surface area contributed by atoms with E-state index >= 15 is 0 Å². The molecule has 0 fully saturated rings. The Hall–Kier alpha value is -1.86. The van der Waals surface area contributed by atoms with Crippen molar-refractivity contribution in [1.82, 2.24) is 15.2 Å². The maximum atomic E-state index is 5.54. The molecule has 0 saturated heterocycles. The fraction of sp³-hybridized carbons (Fsp3) is 0.312. The van der Waals surface area contributed by atoms with Crippen molar-refractivity contribution in [2.45, 2.75) is 29.9 Å². The van der Waals surface area contributed by atoms with E-state index in [4.69, 9.17) is 4.42 Å². The molecule has 0 aliphatic carbocycles. The monoisotopic (exact) mass is 346 g/mol. The molecule has 1 aromatic carbocycles. The van der Waals surface area contributed by atoms with E-state index in [2.05, 4.69) is 27.4 Å². The number of nitrogens with one attached hydrogen (secondary N) is 1. The van der Waals surface area contributed by atoms with E-state index in [1.807, 2.05) is 30.3 Å². The van der Waals surface area contributed by atoms with Gasteiger partial charge < -0.3 is 9.73 Å². The first kappa shape index (κ1) is 16.0. The number of thioether (sulfide) groups is 1. The summed E-state index contributed by atoms with van der Waals surface area (Å²) in [6, 6.07) is 9.90. The summed E-state index contributed by atoms with van der Waals surface area (Å²) in [4.78, 5) is 4.52. The average molecular weight is 346 g/mol. The molecular weight excluding hydrogens is 328 g/mol. The molecule has 0 saturated carbocycles. The van der Waals surface area contributed by atoms with E-state index in [-0.39, 0.29) is 0 Å². The molecule has 0 amide bonds. The molecule has 3 aromatic rings. The maximum absolute atomic E-state index is 5.54. The van der Waals surface area contributed by atoms with Crippen LogP contribution in [0.1, 0.15) is 25.5 Å². The van der Waals surface area contributed by atoms with E-state index < -0.39 is 0 Å². The molecule has 0 bridgehead atoms. The van der Waals surface area contributed by atoms with E-state index in [1.54, 1.807) is 29.4 Å². The summed E-state index contributed by atoms with van der Waals surface area (Å²) in [7, 11) is 0. The van der Waals surface area contributed by atoms with Crippen LogP contribution in [0.5, 0.6) is 0 Å². The molecule has 23 heavy (non-hydrogen) atoms. The van der Waals surface area contributed by atoms with Gasteiger partial charge in [-0.15, -0.1) is 10.2 Å². The summed E-state index contributed by atoms with van der Waals surface area (Å²) in [5.41, 5.74) is 1.90. The van der Waals surface area contributed by atoms with Crippen molar-refractivity contribution < 1.29 is 4.42 Å². The summed E-state index contributed by atoms with van der Waals surface area (Å²) in [6.07, 6.45) is 4.02. The van der Waals surface area contributed by atoms with Gasteiger partial charge in [-0.1, -0.05) is 54.6 Å². The third kappa shape index (κ3) is 4.56. The predicted octanol–water partition coefficient (Wildman–Crippen LogP) is 4.70. The Balaban J connectivity index is 1.54. The fourth-order valence-electron chi connectivity index (χ4n) is 1.93. The van der Waals surface area contributed by atoms with Crippen molar-refractivity contribution in [1.29, 1.82) is 0 Å². The largest absolute Gasteiger partial charge is 0.444 e. The Bertz CT molecular complexity index is 727. The highest BCUT2D eigenvalue weighted by Gasteiger charge is 2.09. The molecule has 0 aliphatic heterocycles. The second kappa shape index (κ2) is 8.12. The van der Waals surface area contributed by atoms with Crippen molar-refractivity contribution in [2.75, 3.05) is 11.9 Å². The van der Waals surface area contributed by atoms with Crippen molar-refractivity contribution in [3.8, 4) is 11.5 Å². The lowest BCUT2D eigenvalue weighted by atomic mass is 10.2. The number of nitrogens with zero attached hydrogens (tertiary/aromatic N) is 3. The summed E-state index contributed by atoms with van der Waals surface area (Å²) in [6.45, 7) is 3.12. The molecule has 2 heterocycles. The number of oxazole rings is 1. The zero-order valence-corrected chi connectivity index (χ0v) is 14.5. The quantitative estimate of drug-likeness (QED) is 0.471. The van der Waals surface area contributed by atoms with Crippen LogP contribution in [0.2, 0.25) is 0 Å². The molecule has 0 radical (unpaired) electrons. The first-order valence-electron chi connectivity index (χ1n) is 7.55. The van der Waals surface area contributed by atoms with Gasteiger partial charge in [0, 0.05) is 17.9 Å². The molecule has 0 spiro atoms. The molecule has 5 nitrogen and oxygen atoms in total. The first-order chi connectivity index (χ1) is 11.3. The van der Waals surface area contributed by atoms with E-state index in [0.29, 0.717) is 5.89 Å². The highest BCUT2D eigenvalue weighted by molar-refractivity contribution is 8.00. The Morgan fingerprint density at radius 3 is 2.91 bits per heavy atom. The summed E-state index contributed by atoms with van der Waals surface area (Å²) < 4.78 is 6.48. The average Bonchev–Trinajstić information content (AvgIpc) is 3.23. The molecule has 2 aromatic heterocycles. The maximum Gasteiger partial charge on any atom is 0.226 e. The van der Waals surface area contributed by atoms with Crippen molar-refractivity contribution in [2.24, 2.45) is 0 Å². The van der Waals surface area contributed by atoms with Crippen LogP contribution >= 0.6 is 23.1 Å². The number of anilines is 1. The summed E-state index contributed by atoms with van der Waals surface area (Å²) in [5.74, 6) is 1.38. The van der Waals surface area contributed by atoms with E-state index in [1.165, 1.54) is 6.42 Å². The number of unbranched alkanes of at least 4 members (excludes halogenated alkanes) is 1. The lowest BCUT2D eigenvalue weighted by Gasteiger charge is -1.97. The fourth-order valence-corrected chi connectivity index (χ4v) is 3.59. The van der Waals surface area contributed by atoms with Crippen molar-refractivity contribution >= 4 is 28.2 Å². The van der Waals surface area contributed by atoms with Gasteiger partial charge in [-0.2, -0.15) is 0 Å². The smallest absolute Gasteiger partial charge is 0.226 e. The lowest BCUT2D eigenvalue weighted by molar-refractivity contribution is 0.573. The van der Waals surface area contributed by atoms with Crippen LogP contribution in [0.25, 0.3) is 11.5 Å². The molecular formula is C16H18N4OS2. The van der Waals surface area contributed by atoms with E-state index in [9.17, 15) is 0 Å². The third-order valence-corrected chi connectivity index (χ3v) is 5.18. The zero-order valence-electron chi connectivity index (χ0n) is 12.9. The van der Waals surface area contributed by atoms with Gasteiger partial charge in [-0.3, -0.25) is 0 Å². The van der Waals surface area contributed by atoms with Crippen LogP contribution in [0.4, 0.5) is 5.13 Å². The van der Waals surface area contributed by atoms with Crippen molar-refractivity contribution in [3.63, 3.8) is 0 Å². The van der Waals surface area contributed by atoms with E-state index in [0.717, 1.165) is 39.4 Å². The highest BCUT2D eigenvalue weighted by Crippen LogP contribution is 2.29. The number of benzene rings is 1. The molecule has 7 heteroatoms. The molecule has 3 rings (SSSR count). The summed E-state index contributed by atoms with van der Waals surface area (Å²) in [5, 5.41) is 12.5. The van der Waals surface area contributed by atoms with Crippen LogP contribution in [-0.2, 0) is 5.75 Å². The van der Waals surface area contributed by atoms with Crippen LogP contribution in [0, 0.1) is 0 Å². The Labute approximate surface area is 143 Å². The summed E-state index contributed by atoms with van der Waals surface area (Å²) >= 11 is 3.20. The molecule has 0 unspecified atom stereocenters. The standard InChI is InChI=1S/C16H18N4OS2/c1-2-3-9-17-15-19-20-16(23-15)22-11-13-10-21-14(18-13)12-7-5-4-6-8-12/h4-8,10H,2-3,9,11H2,1H3,(H,17,19). The van der Waals surface area contributed by atoms with Crippen molar-refractivity contribution in [3.05, 3.63) is 42.3 Å². The highest BCUT2D eigenvalue weighted by atomic mass is 32.2. The minimum atomic E-state index is 0.653. The number of hydrogen-bond acceptors (Lipinski definition) is 7. The lowest BCUT2D eigenvalue weighted by Crippen LogP contribution is -1.99. The Kier molecular flexibility index (Phi) is 5.65. The van der Waals surface area contributed by atoms with Gasteiger partial charge in [-0.05, 0) is 18.6 Å². The Morgan fingerprint density at radius 2 is 2.09 bits per heavy atom. The molecule has 0 atom stereocenters. The minimum absolute atomic E-state index is 0.653. The topological polar surface area (TPSA) is 63.8 Å². The molecule has 0 aliphatic rings. The predicted molar refractivity (Wildman–Crippen MR) is 94.8 cm³/mol. The zero-order chi connectivity index (χ0) is 15.9. The minimum Gasteiger partial charge on any atom is -0.444 e. The van der Waals surface area contributed by atoms with Gasteiger partial charge >= 0.3 is 0 Å². The SMILES string of the molecule is CCCCNc1nnc(SCc2coc(-c3ccccc3)n2)s1.